The van der Waals surface area contributed by atoms with Crippen LogP contribution in [0.15, 0.2) is 36.4 Å². The molecule has 0 radical (unpaired) electrons. The van der Waals surface area contributed by atoms with Crippen molar-refractivity contribution >= 4 is 11.4 Å². The fourth-order valence-electron chi connectivity index (χ4n) is 1.93. The summed E-state index contributed by atoms with van der Waals surface area (Å²) in [5.74, 6) is 1.22. The molecule has 0 aliphatic carbocycles. The minimum Gasteiger partial charge on any atom is -0.493 e. The first-order valence-electron chi connectivity index (χ1n) is 5.53. The van der Waals surface area contributed by atoms with E-state index in [2.05, 4.69) is 0 Å². The maximum absolute atomic E-state index is 5.98. The average molecular weight is 244 g/mol. The third-order valence-electron chi connectivity index (χ3n) is 2.75. The highest BCUT2D eigenvalue weighted by atomic mass is 16.5. The van der Waals surface area contributed by atoms with E-state index in [-0.39, 0.29) is 0 Å². The van der Waals surface area contributed by atoms with Crippen LogP contribution in [0.4, 0.5) is 11.4 Å². The quantitative estimate of drug-likeness (QED) is 0.814. The van der Waals surface area contributed by atoms with E-state index in [1.54, 1.807) is 20.3 Å². The van der Waals surface area contributed by atoms with Gasteiger partial charge in [0.2, 0.25) is 0 Å². The molecule has 0 spiro atoms. The van der Waals surface area contributed by atoms with Crippen LogP contribution in [0.5, 0.6) is 11.5 Å². The molecule has 0 amide bonds. The van der Waals surface area contributed by atoms with Crippen molar-refractivity contribution in [2.75, 3.05) is 25.7 Å². The third kappa shape index (κ3) is 2.05. The first-order chi connectivity index (χ1) is 8.67. The number of ether oxygens (including phenoxy) is 2. The summed E-state index contributed by atoms with van der Waals surface area (Å²) in [5.41, 5.74) is 14.8. The molecular weight excluding hydrogens is 228 g/mol. The fourth-order valence-corrected chi connectivity index (χ4v) is 1.93. The van der Waals surface area contributed by atoms with E-state index >= 15 is 0 Å². The lowest BCUT2D eigenvalue weighted by atomic mass is 10.0. The van der Waals surface area contributed by atoms with Crippen molar-refractivity contribution in [1.82, 2.24) is 0 Å². The van der Waals surface area contributed by atoms with Crippen LogP contribution in [-0.4, -0.2) is 14.2 Å². The Kier molecular flexibility index (Phi) is 3.28. The summed E-state index contributed by atoms with van der Waals surface area (Å²) < 4.78 is 10.7. The van der Waals surface area contributed by atoms with Crippen molar-refractivity contribution in [3.05, 3.63) is 36.4 Å². The van der Waals surface area contributed by atoms with Crippen LogP contribution in [-0.2, 0) is 0 Å². The predicted octanol–water partition coefficient (Wildman–Crippen LogP) is 2.54. The minimum atomic E-state index is 0.593. The van der Waals surface area contributed by atoms with Crippen LogP contribution < -0.4 is 20.9 Å². The summed E-state index contributed by atoms with van der Waals surface area (Å²) in [6.45, 7) is 0. The van der Waals surface area contributed by atoms with Gasteiger partial charge in [0, 0.05) is 28.6 Å². The van der Waals surface area contributed by atoms with Gasteiger partial charge in [0.15, 0.2) is 11.5 Å². The second kappa shape index (κ2) is 4.87. The van der Waals surface area contributed by atoms with Crippen LogP contribution in [0.25, 0.3) is 11.1 Å². The van der Waals surface area contributed by atoms with E-state index in [1.807, 2.05) is 30.3 Å². The number of para-hydroxylation sites is 1. The number of anilines is 2. The molecule has 0 aromatic heterocycles. The third-order valence-corrected chi connectivity index (χ3v) is 2.75. The van der Waals surface area contributed by atoms with Gasteiger partial charge in [-0.15, -0.1) is 0 Å². The largest absolute Gasteiger partial charge is 0.493 e. The molecule has 0 aliphatic rings. The Bertz CT molecular complexity index is 568. The van der Waals surface area contributed by atoms with Crippen molar-refractivity contribution in [2.45, 2.75) is 0 Å². The van der Waals surface area contributed by atoms with E-state index < -0.39 is 0 Å². The second-order valence-electron chi connectivity index (χ2n) is 3.89. The van der Waals surface area contributed by atoms with E-state index in [0.717, 1.165) is 11.1 Å². The molecule has 4 nitrogen and oxygen atoms in total. The summed E-state index contributed by atoms with van der Waals surface area (Å²) in [6, 6.07) is 11.1. The van der Waals surface area contributed by atoms with Gasteiger partial charge in [0.25, 0.3) is 0 Å². The number of rotatable bonds is 3. The lowest BCUT2D eigenvalue weighted by molar-refractivity contribution is 0.356. The highest BCUT2D eigenvalue weighted by Crippen LogP contribution is 2.41. The standard InChI is InChI=1S/C14H16N2O2/c1-17-13-8-9(15)7-11(14(13)18-2)10-5-3-4-6-12(10)16/h3-8H,15-16H2,1-2H3. The molecule has 94 valence electrons. The van der Waals surface area contributed by atoms with E-state index in [0.29, 0.717) is 22.9 Å². The highest BCUT2D eigenvalue weighted by molar-refractivity contribution is 5.84. The van der Waals surface area contributed by atoms with Gasteiger partial charge >= 0.3 is 0 Å². The van der Waals surface area contributed by atoms with Crippen LogP contribution in [0.1, 0.15) is 0 Å². The zero-order valence-corrected chi connectivity index (χ0v) is 10.4. The van der Waals surface area contributed by atoms with Gasteiger partial charge in [0.05, 0.1) is 14.2 Å². The van der Waals surface area contributed by atoms with Crippen LogP contribution in [0.3, 0.4) is 0 Å². The molecule has 0 saturated heterocycles. The Morgan fingerprint density at radius 3 is 2.22 bits per heavy atom. The SMILES string of the molecule is COc1cc(N)cc(-c2ccccc2N)c1OC. The molecule has 2 rings (SSSR count). The van der Waals surface area contributed by atoms with Gasteiger partial charge in [-0.25, -0.2) is 0 Å². The molecule has 0 heterocycles. The van der Waals surface area contributed by atoms with Crippen molar-refractivity contribution < 1.29 is 9.47 Å². The molecule has 0 saturated carbocycles. The maximum Gasteiger partial charge on any atom is 0.168 e. The normalized spacial score (nSPS) is 10.1. The molecular formula is C14H16N2O2. The van der Waals surface area contributed by atoms with Crippen molar-refractivity contribution in [3.63, 3.8) is 0 Å². The lowest BCUT2D eigenvalue weighted by Gasteiger charge is -2.15. The second-order valence-corrected chi connectivity index (χ2v) is 3.89. The maximum atomic E-state index is 5.98. The molecule has 2 aromatic rings. The minimum absolute atomic E-state index is 0.593. The van der Waals surface area contributed by atoms with Crippen molar-refractivity contribution in [3.8, 4) is 22.6 Å². The first kappa shape index (κ1) is 12.1. The Balaban J connectivity index is 2.70. The molecule has 0 atom stereocenters. The van der Waals surface area contributed by atoms with Crippen molar-refractivity contribution in [1.29, 1.82) is 0 Å². The number of methoxy groups -OCH3 is 2. The molecule has 18 heavy (non-hydrogen) atoms. The van der Waals surface area contributed by atoms with Gasteiger partial charge in [-0.3, -0.25) is 0 Å². The zero-order valence-electron chi connectivity index (χ0n) is 10.4. The highest BCUT2D eigenvalue weighted by Gasteiger charge is 2.14. The van der Waals surface area contributed by atoms with Crippen molar-refractivity contribution in [2.24, 2.45) is 0 Å². The molecule has 0 bridgehead atoms. The number of nitrogens with two attached hydrogens (primary N) is 2. The zero-order chi connectivity index (χ0) is 13.1. The van der Waals surface area contributed by atoms with Gasteiger partial charge in [0.1, 0.15) is 0 Å². The van der Waals surface area contributed by atoms with Crippen LogP contribution >= 0.6 is 0 Å². The van der Waals surface area contributed by atoms with E-state index in [4.69, 9.17) is 20.9 Å². The number of hydrogen-bond acceptors (Lipinski definition) is 4. The van der Waals surface area contributed by atoms with Gasteiger partial charge in [-0.1, -0.05) is 18.2 Å². The monoisotopic (exact) mass is 244 g/mol. The van der Waals surface area contributed by atoms with E-state index in [1.165, 1.54) is 0 Å². The summed E-state index contributed by atoms with van der Waals surface area (Å²) in [4.78, 5) is 0. The van der Waals surface area contributed by atoms with Crippen LogP contribution in [0, 0.1) is 0 Å². The molecule has 4 heteroatoms. The number of nitrogen functional groups attached to an aromatic ring is 2. The van der Waals surface area contributed by atoms with Gasteiger partial charge < -0.3 is 20.9 Å². The Hall–Kier alpha value is -2.36. The molecule has 0 fully saturated rings. The summed E-state index contributed by atoms with van der Waals surface area (Å²) in [7, 11) is 3.17. The number of benzene rings is 2. The molecule has 0 unspecified atom stereocenters. The topological polar surface area (TPSA) is 70.5 Å². The summed E-state index contributed by atoms with van der Waals surface area (Å²) in [6.07, 6.45) is 0. The smallest absolute Gasteiger partial charge is 0.168 e. The molecule has 4 N–H and O–H groups in total. The summed E-state index contributed by atoms with van der Waals surface area (Å²) >= 11 is 0. The Morgan fingerprint density at radius 1 is 0.889 bits per heavy atom. The van der Waals surface area contributed by atoms with Gasteiger partial charge in [-0.2, -0.15) is 0 Å². The van der Waals surface area contributed by atoms with E-state index in [9.17, 15) is 0 Å². The molecule has 2 aromatic carbocycles. The Labute approximate surface area is 106 Å². The average Bonchev–Trinajstić information content (AvgIpc) is 2.38. The summed E-state index contributed by atoms with van der Waals surface area (Å²) in [5, 5.41) is 0. The first-order valence-corrected chi connectivity index (χ1v) is 5.53. The number of hydrogen-bond donors (Lipinski definition) is 2. The Morgan fingerprint density at radius 2 is 1.61 bits per heavy atom. The fraction of sp³-hybridized carbons (Fsp3) is 0.143. The molecule has 0 aliphatic heterocycles. The van der Waals surface area contributed by atoms with Crippen LogP contribution in [0.2, 0.25) is 0 Å². The lowest BCUT2D eigenvalue weighted by Crippen LogP contribution is -1.98. The predicted molar refractivity (Wildman–Crippen MR) is 73.8 cm³/mol. The van der Waals surface area contributed by atoms with Gasteiger partial charge in [-0.05, 0) is 12.1 Å².